The van der Waals surface area contributed by atoms with Crippen LogP contribution in [-0.4, -0.2) is 21.0 Å². The maximum absolute atomic E-state index is 12.8. The number of carbonyl (C=O) groups is 1. The van der Waals surface area contributed by atoms with E-state index in [1.165, 1.54) is 0 Å². The number of para-hydroxylation sites is 2. The van der Waals surface area contributed by atoms with Gasteiger partial charge in [-0.25, -0.2) is 4.98 Å². The van der Waals surface area contributed by atoms with Crippen LogP contribution in [-0.2, 0) is 6.42 Å². The van der Waals surface area contributed by atoms with Gasteiger partial charge in [0, 0.05) is 11.1 Å². The average molecular weight is 412 g/mol. The van der Waals surface area contributed by atoms with Gasteiger partial charge in [-0.1, -0.05) is 53.7 Å². The van der Waals surface area contributed by atoms with Gasteiger partial charge in [0.2, 0.25) is 11.7 Å². The van der Waals surface area contributed by atoms with Crippen LogP contribution < -0.4 is 5.32 Å². The summed E-state index contributed by atoms with van der Waals surface area (Å²) in [6.45, 7) is 0. The highest BCUT2D eigenvalue weighted by Gasteiger charge is 2.14. The Morgan fingerprint density at radius 1 is 0.933 bits per heavy atom. The van der Waals surface area contributed by atoms with Gasteiger partial charge in [-0.15, -0.1) is 11.3 Å². The summed E-state index contributed by atoms with van der Waals surface area (Å²) >= 11 is 1.56. The standard InChI is InChI=1S/C23H16N4O2S/c28-23(19-12-11-15-6-1-3-8-17(15)24-19)25-18-9-4-2-7-16(18)14-21-26-22(27-29-21)20-10-5-13-30-20/h1-13H,14H2,(H,25,28). The molecule has 5 rings (SSSR count). The topological polar surface area (TPSA) is 80.9 Å². The first-order valence-corrected chi connectivity index (χ1v) is 10.3. The fourth-order valence-corrected chi connectivity index (χ4v) is 3.82. The molecular formula is C23H16N4O2S. The van der Waals surface area contributed by atoms with Crippen LogP contribution in [0.3, 0.4) is 0 Å². The summed E-state index contributed by atoms with van der Waals surface area (Å²) in [4.78, 5) is 22.7. The summed E-state index contributed by atoms with van der Waals surface area (Å²) in [5, 5.41) is 9.97. The smallest absolute Gasteiger partial charge is 0.274 e. The largest absolute Gasteiger partial charge is 0.339 e. The Hall–Kier alpha value is -3.84. The molecule has 5 aromatic rings. The second-order valence-corrected chi connectivity index (χ2v) is 7.61. The Morgan fingerprint density at radius 3 is 2.70 bits per heavy atom. The summed E-state index contributed by atoms with van der Waals surface area (Å²) in [6, 6.07) is 22.8. The normalized spacial score (nSPS) is 10.9. The number of nitrogens with zero attached hydrogens (tertiary/aromatic N) is 3. The van der Waals surface area contributed by atoms with Gasteiger partial charge in [-0.3, -0.25) is 4.79 Å². The fourth-order valence-electron chi connectivity index (χ4n) is 3.17. The third-order valence-electron chi connectivity index (χ3n) is 4.65. The van der Waals surface area contributed by atoms with E-state index in [-0.39, 0.29) is 5.91 Å². The van der Waals surface area contributed by atoms with Crippen molar-refractivity contribution in [1.82, 2.24) is 15.1 Å². The molecule has 30 heavy (non-hydrogen) atoms. The highest BCUT2D eigenvalue weighted by molar-refractivity contribution is 7.13. The van der Waals surface area contributed by atoms with Crippen LogP contribution in [0, 0.1) is 0 Å². The Balaban J connectivity index is 1.37. The van der Waals surface area contributed by atoms with E-state index in [2.05, 4.69) is 20.4 Å². The summed E-state index contributed by atoms with van der Waals surface area (Å²) in [5.74, 6) is 0.795. The molecule has 2 aromatic carbocycles. The van der Waals surface area contributed by atoms with Crippen molar-refractivity contribution in [3.8, 4) is 10.7 Å². The molecule has 0 atom stereocenters. The van der Waals surface area contributed by atoms with E-state index in [9.17, 15) is 4.79 Å². The van der Waals surface area contributed by atoms with E-state index in [4.69, 9.17) is 4.52 Å². The molecule has 0 aliphatic heterocycles. The van der Waals surface area contributed by atoms with E-state index >= 15 is 0 Å². The zero-order chi connectivity index (χ0) is 20.3. The van der Waals surface area contributed by atoms with Gasteiger partial charge in [0.05, 0.1) is 16.8 Å². The second-order valence-electron chi connectivity index (χ2n) is 6.67. The lowest BCUT2D eigenvalue weighted by Crippen LogP contribution is -2.15. The van der Waals surface area contributed by atoms with Crippen molar-refractivity contribution in [2.45, 2.75) is 6.42 Å². The van der Waals surface area contributed by atoms with E-state index in [0.29, 0.717) is 29.5 Å². The fraction of sp³-hybridized carbons (Fsp3) is 0.0435. The number of aromatic nitrogens is 3. The van der Waals surface area contributed by atoms with Crippen LogP contribution in [0.25, 0.3) is 21.6 Å². The summed E-state index contributed by atoms with van der Waals surface area (Å²) in [6.07, 6.45) is 0.417. The predicted molar refractivity (Wildman–Crippen MR) is 117 cm³/mol. The molecule has 1 N–H and O–H groups in total. The van der Waals surface area contributed by atoms with Gasteiger partial charge in [-0.2, -0.15) is 4.98 Å². The van der Waals surface area contributed by atoms with Crippen LogP contribution in [0.2, 0.25) is 0 Å². The lowest BCUT2D eigenvalue weighted by atomic mass is 10.1. The van der Waals surface area contributed by atoms with Crippen molar-refractivity contribution >= 4 is 33.8 Å². The second kappa shape index (κ2) is 7.88. The molecule has 0 aliphatic rings. The molecule has 1 amide bonds. The number of amides is 1. The number of rotatable bonds is 5. The maximum Gasteiger partial charge on any atom is 0.274 e. The number of anilines is 1. The molecule has 0 unspecified atom stereocenters. The number of hydrogen-bond acceptors (Lipinski definition) is 6. The number of carbonyl (C=O) groups excluding carboxylic acids is 1. The molecule has 0 bridgehead atoms. The van der Waals surface area contributed by atoms with Gasteiger partial charge in [0.25, 0.3) is 5.91 Å². The Kier molecular flexibility index (Phi) is 4.78. The van der Waals surface area contributed by atoms with Crippen LogP contribution in [0.1, 0.15) is 21.9 Å². The third kappa shape index (κ3) is 3.70. The quantitative estimate of drug-likeness (QED) is 0.430. The molecule has 0 radical (unpaired) electrons. The molecule has 0 spiro atoms. The Labute approximate surface area is 176 Å². The van der Waals surface area contributed by atoms with Crippen molar-refractivity contribution in [3.05, 3.63) is 95.3 Å². The molecule has 3 heterocycles. The van der Waals surface area contributed by atoms with Crippen LogP contribution in [0.4, 0.5) is 5.69 Å². The number of pyridine rings is 1. The maximum atomic E-state index is 12.8. The Bertz CT molecular complexity index is 1330. The van der Waals surface area contributed by atoms with Gasteiger partial charge >= 0.3 is 0 Å². The number of benzene rings is 2. The molecular weight excluding hydrogens is 396 g/mol. The van der Waals surface area contributed by atoms with Gasteiger partial charge in [-0.05, 0) is 35.2 Å². The van der Waals surface area contributed by atoms with Crippen molar-refractivity contribution in [3.63, 3.8) is 0 Å². The SMILES string of the molecule is O=C(Nc1ccccc1Cc1nc(-c2cccs2)no1)c1ccc2ccccc2n1. The van der Waals surface area contributed by atoms with Gasteiger partial charge < -0.3 is 9.84 Å². The lowest BCUT2D eigenvalue weighted by molar-refractivity contribution is 0.102. The van der Waals surface area contributed by atoms with Crippen molar-refractivity contribution in [2.24, 2.45) is 0 Å². The number of thiophene rings is 1. The van der Waals surface area contributed by atoms with Crippen molar-refractivity contribution in [1.29, 1.82) is 0 Å². The molecule has 0 aliphatic carbocycles. The zero-order valence-electron chi connectivity index (χ0n) is 15.8. The third-order valence-corrected chi connectivity index (χ3v) is 5.51. The summed E-state index contributed by atoms with van der Waals surface area (Å²) < 4.78 is 5.41. The number of nitrogens with one attached hydrogen (secondary N) is 1. The lowest BCUT2D eigenvalue weighted by Gasteiger charge is -2.10. The number of hydrogen-bond donors (Lipinski definition) is 1. The monoisotopic (exact) mass is 412 g/mol. The predicted octanol–water partition coefficient (Wildman–Crippen LogP) is 5.19. The van der Waals surface area contributed by atoms with Crippen molar-refractivity contribution in [2.75, 3.05) is 5.32 Å². The highest BCUT2D eigenvalue weighted by Crippen LogP contribution is 2.24. The number of fused-ring (bicyclic) bond motifs is 1. The average Bonchev–Trinajstić information content (AvgIpc) is 3.47. The Morgan fingerprint density at radius 2 is 1.80 bits per heavy atom. The van der Waals surface area contributed by atoms with Crippen LogP contribution in [0.5, 0.6) is 0 Å². The van der Waals surface area contributed by atoms with E-state index in [0.717, 1.165) is 21.3 Å². The first-order valence-electron chi connectivity index (χ1n) is 9.38. The van der Waals surface area contributed by atoms with Crippen molar-refractivity contribution < 1.29 is 9.32 Å². The van der Waals surface area contributed by atoms with Crippen LogP contribution >= 0.6 is 11.3 Å². The molecule has 146 valence electrons. The first-order chi connectivity index (χ1) is 14.8. The van der Waals surface area contributed by atoms with Gasteiger partial charge in [0.1, 0.15) is 5.69 Å². The van der Waals surface area contributed by atoms with E-state index < -0.39 is 0 Å². The first kappa shape index (κ1) is 18.2. The summed E-state index contributed by atoms with van der Waals surface area (Å²) in [7, 11) is 0. The minimum absolute atomic E-state index is 0.266. The highest BCUT2D eigenvalue weighted by atomic mass is 32.1. The molecule has 3 aromatic heterocycles. The van der Waals surface area contributed by atoms with Crippen LogP contribution in [0.15, 0.2) is 82.7 Å². The summed E-state index contributed by atoms with van der Waals surface area (Å²) in [5.41, 5.74) is 2.72. The van der Waals surface area contributed by atoms with Gasteiger partial charge in [0.15, 0.2) is 0 Å². The molecule has 0 saturated carbocycles. The van der Waals surface area contributed by atoms with E-state index in [1.807, 2.05) is 72.1 Å². The molecule has 7 heteroatoms. The van der Waals surface area contributed by atoms with E-state index in [1.54, 1.807) is 17.4 Å². The molecule has 0 fully saturated rings. The molecule has 6 nitrogen and oxygen atoms in total. The molecule has 0 saturated heterocycles. The zero-order valence-corrected chi connectivity index (χ0v) is 16.6. The minimum atomic E-state index is -0.266. The minimum Gasteiger partial charge on any atom is -0.339 e.